The van der Waals surface area contributed by atoms with Crippen LogP contribution >= 0.6 is 0 Å². The van der Waals surface area contributed by atoms with Gasteiger partial charge >= 0.3 is 0 Å². The Morgan fingerprint density at radius 1 is 1.14 bits per heavy atom. The lowest BCUT2D eigenvalue weighted by Gasteiger charge is -2.25. The van der Waals surface area contributed by atoms with Crippen molar-refractivity contribution in [1.82, 2.24) is 19.9 Å². The summed E-state index contributed by atoms with van der Waals surface area (Å²) in [5.74, 6) is 0.725. The molecule has 0 radical (unpaired) electrons. The van der Waals surface area contributed by atoms with E-state index in [-0.39, 0.29) is 0 Å². The van der Waals surface area contributed by atoms with E-state index in [2.05, 4.69) is 45.0 Å². The highest BCUT2D eigenvalue weighted by Gasteiger charge is 2.13. The fourth-order valence-corrected chi connectivity index (χ4v) is 2.63. The van der Waals surface area contributed by atoms with Crippen LogP contribution in [0.2, 0.25) is 0 Å². The van der Waals surface area contributed by atoms with Gasteiger partial charge in [0.25, 0.3) is 0 Å². The molecule has 0 saturated heterocycles. The SMILES string of the molecule is CCCN1CC=C(c2ccc(-c3ncccn3)cn2)CC1. The van der Waals surface area contributed by atoms with Crippen LogP contribution in [0.5, 0.6) is 0 Å². The zero-order chi connectivity index (χ0) is 14.5. The molecule has 0 aliphatic carbocycles. The number of aromatic nitrogens is 3. The molecule has 0 spiro atoms. The lowest BCUT2D eigenvalue weighted by Crippen LogP contribution is -2.29. The number of hydrogen-bond acceptors (Lipinski definition) is 4. The van der Waals surface area contributed by atoms with Gasteiger partial charge in [-0.15, -0.1) is 0 Å². The van der Waals surface area contributed by atoms with Crippen molar-refractivity contribution in [3.05, 3.63) is 48.6 Å². The molecular weight excluding hydrogens is 260 g/mol. The van der Waals surface area contributed by atoms with Gasteiger partial charge in [-0.05, 0) is 43.2 Å². The normalized spacial score (nSPS) is 15.8. The summed E-state index contributed by atoms with van der Waals surface area (Å²) in [7, 11) is 0. The largest absolute Gasteiger partial charge is 0.299 e. The van der Waals surface area contributed by atoms with Gasteiger partial charge in [-0.25, -0.2) is 9.97 Å². The van der Waals surface area contributed by atoms with Gasteiger partial charge in [0.1, 0.15) is 0 Å². The van der Waals surface area contributed by atoms with Crippen molar-refractivity contribution in [1.29, 1.82) is 0 Å². The topological polar surface area (TPSA) is 41.9 Å². The Kier molecular flexibility index (Phi) is 4.36. The maximum absolute atomic E-state index is 4.58. The van der Waals surface area contributed by atoms with Gasteiger partial charge < -0.3 is 0 Å². The zero-order valence-electron chi connectivity index (χ0n) is 12.4. The zero-order valence-corrected chi connectivity index (χ0v) is 12.4. The molecule has 0 N–H and O–H groups in total. The van der Waals surface area contributed by atoms with Gasteiger partial charge in [-0.1, -0.05) is 13.0 Å². The average Bonchev–Trinajstić information content (AvgIpc) is 2.57. The number of hydrogen-bond donors (Lipinski definition) is 0. The van der Waals surface area contributed by atoms with Gasteiger partial charge in [0.2, 0.25) is 0 Å². The van der Waals surface area contributed by atoms with Crippen molar-refractivity contribution in [2.45, 2.75) is 19.8 Å². The van der Waals surface area contributed by atoms with Crippen molar-refractivity contribution in [2.75, 3.05) is 19.6 Å². The molecule has 4 nitrogen and oxygen atoms in total. The third-order valence-corrected chi connectivity index (χ3v) is 3.75. The van der Waals surface area contributed by atoms with Gasteiger partial charge in [0.05, 0.1) is 5.69 Å². The Labute approximate surface area is 125 Å². The van der Waals surface area contributed by atoms with Crippen LogP contribution in [0.3, 0.4) is 0 Å². The number of rotatable bonds is 4. The molecule has 3 rings (SSSR count). The van der Waals surface area contributed by atoms with E-state index in [1.54, 1.807) is 12.4 Å². The minimum atomic E-state index is 0.725. The van der Waals surface area contributed by atoms with E-state index in [4.69, 9.17) is 0 Å². The van der Waals surface area contributed by atoms with Crippen molar-refractivity contribution in [2.24, 2.45) is 0 Å². The fourth-order valence-electron chi connectivity index (χ4n) is 2.63. The van der Waals surface area contributed by atoms with Gasteiger partial charge in [-0.3, -0.25) is 9.88 Å². The van der Waals surface area contributed by atoms with E-state index < -0.39 is 0 Å². The molecular formula is C17H20N4. The van der Waals surface area contributed by atoms with Crippen LogP contribution in [-0.4, -0.2) is 39.5 Å². The second kappa shape index (κ2) is 6.59. The highest BCUT2D eigenvalue weighted by Crippen LogP contribution is 2.22. The number of pyridine rings is 1. The number of nitrogens with zero attached hydrogens (tertiary/aromatic N) is 4. The molecule has 0 saturated carbocycles. The molecule has 108 valence electrons. The third kappa shape index (κ3) is 3.34. The fraction of sp³-hybridized carbons (Fsp3) is 0.353. The first kappa shape index (κ1) is 13.9. The predicted octanol–water partition coefficient (Wildman–Crippen LogP) is 3.04. The van der Waals surface area contributed by atoms with Crippen molar-refractivity contribution < 1.29 is 0 Å². The van der Waals surface area contributed by atoms with Crippen molar-refractivity contribution >= 4 is 5.57 Å². The van der Waals surface area contributed by atoms with Crippen molar-refractivity contribution in [3.8, 4) is 11.4 Å². The minimum absolute atomic E-state index is 0.725. The van der Waals surface area contributed by atoms with Gasteiger partial charge in [0, 0.05) is 37.2 Å². The summed E-state index contributed by atoms with van der Waals surface area (Å²) in [6, 6.07) is 5.95. The van der Waals surface area contributed by atoms with Crippen molar-refractivity contribution in [3.63, 3.8) is 0 Å². The van der Waals surface area contributed by atoms with Crippen LogP contribution in [-0.2, 0) is 0 Å². The highest BCUT2D eigenvalue weighted by molar-refractivity contribution is 5.65. The minimum Gasteiger partial charge on any atom is -0.299 e. The summed E-state index contributed by atoms with van der Waals surface area (Å²) in [6.45, 7) is 5.58. The second-order valence-corrected chi connectivity index (χ2v) is 5.28. The quantitative estimate of drug-likeness (QED) is 0.863. The molecule has 0 amide bonds. The van der Waals surface area contributed by atoms with E-state index >= 15 is 0 Å². The molecule has 0 atom stereocenters. The predicted molar refractivity (Wildman–Crippen MR) is 84.6 cm³/mol. The van der Waals surface area contributed by atoms with Gasteiger partial charge in [0.15, 0.2) is 5.82 Å². The molecule has 2 aromatic heterocycles. The molecule has 0 fully saturated rings. The van der Waals surface area contributed by atoms with E-state index in [9.17, 15) is 0 Å². The molecule has 4 heteroatoms. The molecule has 21 heavy (non-hydrogen) atoms. The molecule has 1 aliphatic rings. The molecule has 0 aromatic carbocycles. The molecule has 2 aromatic rings. The Hall–Kier alpha value is -2.07. The molecule has 0 bridgehead atoms. The second-order valence-electron chi connectivity index (χ2n) is 5.28. The van der Waals surface area contributed by atoms with E-state index in [0.29, 0.717) is 0 Å². The Morgan fingerprint density at radius 3 is 2.62 bits per heavy atom. The average molecular weight is 280 g/mol. The Morgan fingerprint density at radius 2 is 2.00 bits per heavy atom. The summed E-state index contributed by atoms with van der Waals surface area (Å²) in [4.78, 5) is 15.6. The first-order chi connectivity index (χ1) is 10.4. The maximum Gasteiger partial charge on any atom is 0.160 e. The molecule has 3 heterocycles. The lowest BCUT2D eigenvalue weighted by molar-refractivity contribution is 0.302. The van der Waals surface area contributed by atoms with Crippen LogP contribution in [0, 0.1) is 0 Å². The van der Waals surface area contributed by atoms with Crippen LogP contribution < -0.4 is 0 Å². The van der Waals surface area contributed by atoms with Crippen LogP contribution in [0.25, 0.3) is 17.0 Å². The summed E-state index contributed by atoms with van der Waals surface area (Å²) in [5, 5.41) is 0. The summed E-state index contributed by atoms with van der Waals surface area (Å²) >= 11 is 0. The summed E-state index contributed by atoms with van der Waals surface area (Å²) < 4.78 is 0. The molecule has 1 aliphatic heterocycles. The summed E-state index contributed by atoms with van der Waals surface area (Å²) in [6.07, 6.45) is 9.97. The lowest BCUT2D eigenvalue weighted by atomic mass is 10.0. The highest BCUT2D eigenvalue weighted by atomic mass is 15.1. The first-order valence-corrected chi connectivity index (χ1v) is 7.52. The smallest absolute Gasteiger partial charge is 0.160 e. The standard InChI is InChI=1S/C17H20N4/c1-2-10-21-11-6-14(7-12-21)16-5-4-15(13-20-16)17-18-8-3-9-19-17/h3-6,8-9,13H,2,7,10-12H2,1H3. The Bertz CT molecular complexity index is 604. The van der Waals surface area contributed by atoms with Gasteiger partial charge in [-0.2, -0.15) is 0 Å². The van der Waals surface area contributed by atoms with Crippen LogP contribution in [0.15, 0.2) is 42.9 Å². The van der Waals surface area contributed by atoms with E-state index in [1.165, 1.54) is 18.5 Å². The molecule has 0 unspecified atom stereocenters. The third-order valence-electron chi connectivity index (χ3n) is 3.75. The maximum atomic E-state index is 4.58. The monoisotopic (exact) mass is 280 g/mol. The van der Waals surface area contributed by atoms with Crippen LogP contribution in [0.4, 0.5) is 0 Å². The summed E-state index contributed by atoms with van der Waals surface area (Å²) in [5.41, 5.74) is 3.39. The van der Waals surface area contributed by atoms with E-state index in [1.807, 2.05) is 12.3 Å². The van der Waals surface area contributed by atoms with E-state index in [0.717, 1.165) is 36.6 Å². The first-order valence-electron chi connectivity index (χ1n) is 7.52. The Balaban J connectivity index is 1.73. The van der Waals surface area contributed by atoms with Crippen LogP contribution in [0.1, 0.15) is 25.5 Å².